The number of likely N-dealkylation sites (N-methyl/N-ethyl adjacent to an activating group) is 1. The summed E-state index contributed by atoms with van der Waals surface area (Å²) in [6.07, 6.45) is 2.50. The van der Waals surface area contributed by atoms with E-state index < -0.39 is 0 Å². The van der Waals surface area contributed by atoms with Crippen LogP contribution >= 0.6 is 0 Å². The Kier molecular flexibility index (Phi) is 3.44. The van der Waals surface area contributed by atoms with Crippen LogP contribution in [0.25, 0.3) is 0 Å². The van der Waals surface area contributed by atoms with Gasteiger partial charge in [0.05, 0.1) is 0 Å². The zero-order chi connectivity index (χ0) is 11.5. The summed E-state index contributed by atoms with van der Waals surface area (Å²) in [5.74, 6) is 0.499. The SMILES string of the molecule is CCN(CC(N)C1CC1)c1cccc(F)c1. The van der Waals surface area contributed by atoms with Gasteiger partial charge in [-0.05, 0) is 43.9 Å². The van der Waals surface area contributed by atoms with Crippen LogP contribution in [0.5, 0.6) is 0 Å². The Morgan fingerprint density at radius 2 is 2.25 bits per heavy atom. The molecule has 16 heavy (non-hydrogen) atoms. The Morgan fingerprint density at radius 3 is 2.81 bits per heavy atom. The summed E-state index contributed by atoms with van der Waals surface area (Å²) in [5, 5.41) is 0. The maximum absolute atomic E-state index is 13.1. The van der Waals surface area contributed by atoms with Crippen LogP contribution in [-0.4, -0.2) is 19.1 Å². The first kappa shape index (κ1) is 11.4. The fraction of sp³-hybridized carbons (Fsp3) is 0.538. The van der Waals surface area contributed by atoms with Crippen molar-refractivity contribution in [1.82, 2.24) is 0 Å². The fourth-order valence-electron chi connectivity index (χ4n) is 2.02. The second-order valence-corrected chi connectivity index (χ2v) is 4.52. The number of hydrogen-bond acceptors (Lipinski definition) is 2. The molecule has 1 saturated carbocycles. The Hall–Kier alpha value is -1.09. The summed E-state index contributed by atoms with van der Waals surface area (Å²) >= 11 is 0. The maximum Gasteiger partial charge on any atom is 0.125 e. The number of rotatable bonds is 5. The van der Waals surface area contributed by atoms with E-state index in [9.17, 15) is 4.39 Å². The van der Waals surface area contributed by atoms with Crippen LogP contribution in [0, 0.1) is 11.7 Å². The van der Waals surface area contributed by atoms with Gasteiger partial charge in [-0.15, -0.1) is 0 Å². The van der Waals surface area contributed by atoms with E-state index in [2.05, 4.69) is 11.8 Å². The van der Waals surface area contributed by atoms with Crippen LogP contribution in [0.3, 0.4) is 0 Å². The van der Waals surface area contributed by atoms with Gasteiger partial charge >= 0.3 is 0 Å². The van der Waals surface area contributed by atoms with Crippen LogP contribution in [0.1, 0.15) is 19.8 Å². The second kappa shape index (κ2) is 4.83. The van der Waals surface area contributed by atoms with Crippen LogP contribution in [0.2, 0.25) is 0 Å². The average Bonchev–Trinajstić information content (AvgIpc) is 3.09. The van der Waals surface area contributed by atoms with Crippen LogP contribution in [0.15, 0.2) is 24.3 Å². The Bertz CT molecular complexity index is 350. The van der Waals surface area contributed by atoms with Crippen LogP contribution in [-0.2, 0) is 0 Å². The van der Waals surface area contributed by atoms with E-state index in [1.54, 1.807) is 12.1 Å². The summed E-state index contributed by atoms with van der Waals surface area (Å²) in [7, 11) is 0. The van der Waals surface area contributed by atoms with Crippen LogP contribution < -0.4 is 10.6 Å². The summed E-state index contributed by atoms with van der Waals surface area (Å²) in [4.78, 5) is 2.14. The lowest BCUT2D eigenvalue weighted by Gasteiger charge is -2.26. The molecule has 0 radical (unpaired) electrons. The topological polar surface area (TPSA) is 29.3 Å². The molecule has 88 valence electrons. The van der Waals surface area contributed by atoms with Crippen molar-refractivity contribution in [3.05, 3.63) is 30.1 Å². The van der Waals surface area contributed by atoms with E-state index in [4.69, 9.17) is 5.73 Å². The fourth-order valence-corrected chi connectivity index (χ4v) is 2.02. The van der Waals surface area contributed by atoms with Gasteiger partial charge in [-0.2, -0.15) is 0 Å². The zero-order valence-electron chi connectivity index (χ0n) is 9.70. The van der Waals surface area contributed by atoms with Gasteiger partial charge in [-0.1, -0.05) is 6.07 Å². The van der Waals surface area contributed by atoms with Crippen molar-refractivity contribution in [2.75, 3.05) is 18.0 Å². The van der Waals surface area contributed by atoms with Crippen LogP contribution in [0.4, 0.5) is 10.1 Å². The van der Waals surface area contributed by atoms with Gasteiger partial charge in [-0.3, -0.25) is 0 Å². The Balaban J connectivity index is 2.03. The number of halogens is 1. The second-order valence-electron chi connectivity index (χ2n) is 4.52. The molecule has 2 nitrogen and oxygen atoms in total. The van der Waals surface area contributed by atoms with Gasteiger partial charge in [0.2, 0.25) is 0 Å². The molecule has 0 heterocycles. The number of hydrogen-bond donors (Lipinski definition) is 1. The Morgan fingerprint density at radius 1 is 1.50 bits per heavy atom. The highest BCUT2D eigenvalue weighted by atomic mass is 19.1. The number of nitrogens with zero attached hydrogens (tertiary/aromatic N) is 1. The first-order valence-electron chi connectivity index (χ1n) is 5.96. The molecule has 0 spiro atoms. The zero-order valence-corrected chi connectivity index (χ0v) is 9.70. The highest BCUT2D eigenvalue weighted by Gasteiger charge is 2.29. The minimum Gasteiger partial charge on any atom is -0.370 e. The largest absolute Gasteiger partial charge is 0.370 e. The number of benzene rings is 1. The molecule has 0 aliphatic heterocycles. The summed E-state index contributed by atoms with van der Waals surface area (Å²) in [5.41, 5.74) is 7.02. The van der Waals surface area contributed by atoms with Gasteiger partial charge < -0.3 is 10.6 Å². The molecular formula is C13H19FN2. The predicted molar refractivity (Wildman–Crippen MR) is 65.0 cm³/mol. The first-order chi connectivity index (χ1) is 7.70. The maximum atomic E-state index is 13.1. The molecule has 1 aromatic rings. The smallest absolute Gasteiger partial charge is 0.125 e. The van der Waals surface area contributed by atoms with E-state index in [1.165, 1.54) is 18.9 Å². The van der Waals surface area contributed by atoms with Gasteiger partial charge in [0, 0.05) is 24.8 Å². The molecule has 1 aliphatic rings. The molecule has 2 rings (SSSR count). The van der Waals surface area contributed by atoms with Crippen molar-refractivity contribution >= 4 is 5.69 Å². The van der Waals surface area contributed by atoms with E-state index in [1.807, 2.05) is 6.07 Å². The quantitative estimate of drug-likeness (QED) is 0.829. The predicted octanol–water partition coefficient (Wildman–Crippen LogP) is 2.39. The van der Waals surface area contributed by atoms with Crippen molar-refractivity contribution in [1.29, 1.82) is 0 Å². The normalized spacial score (nSPS) is 17.2. The molecule has 1 unspecified atom stereocenters. The summed E-state index contributed by atoms with van der Waals surface area (Å²) in [6.45, 7) is 3.76. The number of nitrogens with two attached hydrogens (primary N) is 1. The molecule has 0 amide bonds. The third kappa shape index (κ3) is 2.73. The monoisotopic (exact) mass is 222 g/mol. The van der Waals surface area contributed by atoms with E-state index in [0.717, 1.165) is 18.8 Å². The van der Waals surface area contributed by atoms with Crippen molar-refractivity contribution in [3.63, 3.8) is 0 Å². The molecule has 0 saturated heterocycles. The average molecular weight is 222 g/mol. The lowest BCUT2D eigenvalue weighted by molar-refractivity contribution is 0.575. The lowest BCUT2D eigenvalue weighted by atomic mass is 10.1. The number of anilines is 1. The molecule has 1 aromatic carbocycles. The minimum atomic E-state index is -0.184. The van der Waals surface area contributed by atoms with Crippen molar-refractivity contribution in [3.8, 4) is 0 Å². The minimum absolute atomic E-state index is 0.184. The van der Waals surface area contributed by atoms with E-state index in [-0.39, 0.29) is 11.9 Å². The molecule has 2 N–H and O–H groups in total. The standard InChI is InChI=1S/C13H19FN2/c1-2-16(9-13(15)10-6-7-10)12-5-3-4-11(14)8-12/h3-5,8,10,13H,2,6-7,9,15H2,1H3. The van der Waals surface area contributed by atoms with E-state index >= 15 is 0 Å². The van der Waals surface area contributed by atoms with Crippen molar-refractivity contribution in [2.45, 2.75) is 25.8 Å². The molecule has 3 heteroatoms. The molecule has 1 aliphatic carbocycles. The van der Waals surface area contributed by atoms with Crippen molar-refractivity contribution < 1.29 is 4.39 Å². The molecule has 0 aromatic heterocycles. The summed E-state index contributed by atoms with van der Waals surface area (Å²) < 4.78 is 13.1. The van der Waals surface area contributed by atoms with Gasteiger partial charge in [0.15, 0.2) is 0 Å². The Labute approximate surface area is 96.2 Å². The first-order valence-corrected chi connectivity index (χ1v) is 5.96. The van der Waals surface area contributed by atoms with E-state index in [0.29, 0.717) is 5.92 Å². The van der Waals surface area contributed by atoms with Gasteiger partial charge in [-0.25, -0.2) is 4.39 Å². The molecule has 1 fully saturated rings. The van der Waals surface area contributed by atoms with Crippen molar-refractivity contribution in [2.24, 2.45) is 11.7 Å². The highest BCUT2D eigenvalue weighted by molar-refractivity contribution is 5.46. The lowest BCUT2D eigenvalue weighted by Crippen LogP contribution is -2.39. The molecule has 1 atom stereocenters. The highest BCUT2D eigenvalue weighted by Crippen LogP contribution is 2.32. The van der Waals surface area contributed by atoms with Gasteiger partial charge in [0.25, 0.3) is 0 Å². The molecule has 0 bridgehead atoms. The third-order valence-corrected chi connectivity index (χ3v) is 3.21. The van der Waals surface area contributed by atoms with Gasteiger partial charge in [0.1, 0.15) is 5.82 Å². The third-order valence-electron chi connectivity index (χ3n) is 3.21. The molecular weight excluding hydrogens is 203 g/mol. The summed E-state index contributed by atoms with van der Waals surface area (Å²) in [6, 6.07) is 6.95.